The van der Waals surface area contributed by atoms with Crippen molar-refractivity contribution in [3.63, 3.8) is 0 Å². The number of hydrogen-bond donors (Lipinski definition) is 2. The molecule has 156 valence electrons. The van der Waals surface area contributed by atoms with Crippen LogP contribution in [0, 0.1) is 0 Å². The fourth-order valence-corrected chi connectivity index (χ4v) is 3.33. The lowest BCUT2D eigenvalue weighted by Crippen LogP contribution is -2.43. The second-order valence-electron chi connectivity index (χ2n) is 8.09. The number of H-pyrrole nitrogens is 1. The molecule has 1 aliphatic rings. The first-order valence-corrected chi connectivity index (χ1v) is 9.46. The maximum Gasteiger partial charge on any atom is 0.497 e. The lowest BCUT2D eigenvalue weighted by Gasteiger charge is -2.32. The highest BCUT2D eigenvalue weighted by atomic mass is 16.7. The van der Waals surface area contributed by atoms with Crippen LogP contribution < -0.4 is 10.8 Å². The molecule has 1 aromatic carbocycles. The summed E-state index contributed by atoms with van der Waals surface area (Å²) in [6, 6.07) is 4.95. The fraction of sp³-hybridized carbons (Fsp3) is 0.500. The summed E-state index contributed by atoms with van der Waals surface area (Å²) < 4.78 is 21.8. The van der Waals surface area contributed by atoms with E-state index in [1.165, 1.54) is 14.2 Å². The van der Waals surface area contributed by atoms with Gasteiger partial charge in [0.1, 0.15) is 6.04 Å². The van der Waals surface area contributed by atoms with E-state index in [0.29, 0.717) is 0 Å². The van der Waals surface area contributed by atoms with E-state index in [4.69, 9.17) is 14.0 Å². The summed E-state index contributed by atoms with van der Waals surface area (Å²) in [7, 11) is 2.01. The van der Waals surface area contributed by atoms with Crippen molar-refractivity contribution in [2.24, 2.45) is 0 Å². The Morgan fingerprint density at radius 1 is 1.14 bits per heavy atom. The molecule has 1 aromatic heterocycles. The summed E-state index contributed by atoms with van der Waals surface area (Å²) in [4.78, 5) is 27.0. The highest BCUT2D eigenvalue weighted by Gasteiger charge is 2.52. The number of aromatic amines is 1. The Hall–Kier alpha value is -2.52. The second kappa shape index (κ2) is 7.72. The van der Waals surface area contributed by atoms with E-state index in [1.54, 1.807) is 0 Å². The summed E-state index contributed by atoms with van der Waals surface area (Å²) in [5.74, 6) is -0.549. The number of ether oxygens (including phenoxy) is 2. The first kappa shape index (κ1) is 21.2. The van der Waals surface area contributed by atoms with Crippen molar-refractivity contribution in [1.29, 1.82) is 0 Å². The number of esters is 1. The maximum atomic E-state index is 12.1. The van der Waals surface area contributed by atoms with Gasteiger partial charge in [-0.15, -0.1) is 0 Å². The molecule has 8 nitrogen and oxygen atoms in total. The minimum absolute atomic E-state index is 0.245. The quantitative estimate of drug-likeness (QED) is 0.586. The van der Waals surface area contributed by atoms with Crippen molar-refractivity contribution in [3.8, 4) is 0 Å². The van der Waals surface area contributed by atoms with Crippen molar-refractivity contribution in [2.45, 2.75) is 51.4 Å². The molecule has 0 unspecified atom stereocenters. The molecule has 2 heterocycles. The number of alkyl carbamates (subject to hydrolysis) is 1. The summed E-state index contributed by atoms with van der Waals surface area (Å²) in [6.45, 7) is 8.03. The molecule has 3 rings (SSSR count). The van der Waals surface area contributed by atoms with E-state index in [-0.39, 0.29) is 6.42 Å². The number of methoxy groups -OCH3 is 2. The molecule has 1 aliphatic heterocycles. The number of carbonyl (C=O) groups is 2. The first-order valence-electron chi connectivity index (χ1n) is 9.46. The number of nitrogens with one attached hydrogen (secondary N) is 2. The molecule has 9 heteroatoms. The van der Waals surface area contributed by atoms with Crippen molar-refractivity contribution >= 4 is 35.5 Å². The Morgan fingerprint density at radius 3 is 2.38 bits per heavy atom. The number of amides is 1. The minimum atomic E-state index is -0.869. The molecular formula is C20H27BN2O6. The van der Waals surface area contributed by atoms with Crippen LogP contribution >= 0.6 is 0 Å². The average Bonchev–Trinajstić information content (AvgIpc) is 3.17. The zero-order valence-electron chi connectivity index (χ0n) is 17.6. The lowest BCUT2D eigenvalue weighted by atomic mass is 9.77. The monoisotopic (exact) mass is 402 g/mol. The fourth-order valence-electron chi connectivity index (χ4n) is 3.33. The summed E-state index contributed by atoms with van der Waals surface area (Å²) in [5, 5.41) is 3.43. The SMILES string of the molecule is COC(=O)N[C@@H](Cc1c[nH]c2c(B3OC(C)(C)C(C)(C)O3)cccc12)C(=O)OC. The topological polar surface area (TPSA) is 98.9 Å². The van der Waals surface area contributed by atoms with E-state index in [1.807, 2.05) is 52.1 Å². The molecular weight excluding hydrogens is 375 g/mol. The molecule has 1 saturated heterocycles. The van der Waals surface area contributed by atoms with E-state index in [9.17, 15) is 9.59 Å². The molecule has 2 aromatic rings. The van der Waals surface area contributed by atoms with E-state index in [2.05, 4.69) is 15.0 Å². The van der Waals surface area contributed by atoms with Gasteiger partial charge in [-0.3, -0.25) is 0 Å². The van der Waals surface area contributed by atoms with Gasteiger partial charge in [0, 0.05) is 29.0 Å². The highest BCUT2D eigenvalue weighted by Crippen LogP contribution is 2.37. The van der Waals surface area contributed by atoms with Crippen molar-refractivity contribution in [2.75, 3.05) is 14.2 Å². The third-order valence-electron chi connectivity index (χ3n) is 5.73. The Labute approximate surface area is 170 Å². The Balaban J connectivity index is 1.92. The molecule has 1 amide bonds. The smallest absolute Gasteiger partial charge is 0.467 e. The Morgan fingerprint density at radius 2 is 1.79 bits per heavy atom. The summed E-state index contributed by atoms with van der Waals surface area (Å²) >= 11 is 0. The largest absolute Gasteiger partial charge is 0.497 e. The molecule has 0 spiro atoms. The number of fused-ring (bicyclic) bond motifs is 1. The third kappa shape index (κ3) is 3.97. The van der Waals surface area contributed by atoms with Crippen LogP contribution in [0.4, 0.5) is 4.79 Å². The summed E-state index contributed by atoms with van der Waals surface area (Å²) in [5.41, 5.74) is 1.70. The van der Waals surface area contributed by atoms with Crippen molar-refractivity contribution < 1.29 is 28.4 Å². The van der Waals surface area contributed by atoms with Crippen LogP contribution in [0.5, 0.6) is 0 Å². The van der Waals surface area contributed by atoms with E-state index < -0.39 is 36.4 Å². The Bertz CT molecular complexity index is 907. The molecule has 0 aliphatic carbocycles. The first-order chi connectivity index (χ1) is 13.6. The zero-order chi connectivity index (χ0) is 21.4. The standard InChI is InChI=1S/C20H27BN2O6/c1-19(2)20(3,4)29-21(28-19)14-9-7-8-13-12(11-22-16(13)14)10-15(17(24)26-5)23-18(25)27-6/h7-9,11,15,22H,10H2,1-6H3,(H,23,25)/t15-/m0/s1. The minimum Gasteiger partial charge on any atom is -0.467 e. The molecule has 29 heavy (non-hydrogen) atoms. The molecule has 1 fully saturated rings. The maximum absolute atomic E-state index is 12.1. The van der Waals surface area contributed by atoms with Crippen molar-refractivity contribution in [3.05, 3.63) is 30.0 Å². The van der Waals surface area contributed by atoms with Crippen LogP contribution in [0.1, 0.15) is 33.3 Å². The van der Waals surface area contributed by atoms with E-state index >= 15 is 0 Å². The second-order valence-corrected chi connectivity index (χ2v) is 8.09. The number of aromatic nitrogens is 1. The van der Waals surface area contributed by atoms with Gasteiger partial charge in [0.05, 0.1) is 25.4 Å². The molecule has 0 bridgehead atoms. The van der Waals surface area contributed by atoms with Crippen LogP contribution in [0.3, 0.4) is 0 Å². The number of para-hydroxylation sites is 1. The van der Waals surface area contributed by atoms with Crippen molar-refractivity contribution in [1.82, 2.24) is 10.3 Å². The van der Waals surface area contributed by atoms with Gasteiger partial charge in [-0.2, -0.15) is 0 Å². The Kier molecular flexibility index (Phi) is 5.64. The molecule has 1 atom stereocenters. The van der Waals surface area contributed by atoms with Gasteiger partial charge in [0.2, 0.25) is 0 Å². The van der Waals surface area contributed by atoms with Gasteiger partial charge >= 0.3 is 19.2 Å². The van der Waals surface area contributed by atoms with Crippen LogP contribution in [-0.4, -0.2) is 55.6 Å². The van der Waals surface area contributed by atoms with E-state index in [0.717, 1.165) is 21.9 Å². The summed E-state index contributed by atoms with van der Waals surface area (Å²) in [6.07, 6.45) is 1.36. The predicted octanol–water partition coefficient (Wildman–Crippen LogP) is 1.91. The average molecular weight is 402 g/mol. The van der Waals surface area contributed by atoms with Gasteiger partial charge in [-0.1, -0.05) is 18.2 Å². The zero-order valence-corrected chi connectivity index (χ0v) is 17.6. The number of carbonyl (C=O) groups excluding carboxylic acids is 2. The molecule has 2 N–H and O–H groups in total. The van der Waals surface area contributed by atoms with Gasteiger partial charge in [-0.05, 0) is 33.3 Å². The van der Waals surface area contributed by atoms with Crippen LogP contribution in [0.25, 0.3) is 10.9 Å². The third-order valence-corrected chi connectivity index (χ3v) is 5.73. The van der Waals surface area contributed by atoms with Crippen LogP contribution in [0.2, 0.25) is 0 Å². The van der Waals surface area contributed by atoms with Crippen LogP contribution in [0.15, 0.2) is 24.4 Å². The van der Waals surface area contributed by atoms with Gasteiger partial charge in [-0.25, -0.2) is 9.59 Å². The number of hydrogen-bond acceptors (Lipinski definition) is 6. The van der Waals surface area contributed by atoms with Gasteiger partial charge in [0.25, 0.3) is 0 Å². The van der Waals surface area contributed by atoms with Crippen LogP contribution in [-0.2, 0) is 30.0 Å². The predicted molar refractivity (Wildman–Crippen MR) is 109 cm³/mol. The highest BCUT2D eigenvalue weighted by molar-refractivity contribution is 6.65. The van der Waals surface area contributed by atoms with Gasteiger partial charge in [0.15, 0.2) is 0 Å². The normalized spacial score (nSPS) is 18.5. The van der Waals surface area contributed by atoms with Gasteiger partial charge < -0.3 is 29.1 Å². The lowest BCUT2D eigenvalue weighted by molar-refractivity contribution is -0.142. The molecule has 0 saturated carbocycles. The number of rotatable bonds is 5. The molecule has 0 radical (unpaired) electrons. The number of benzene rings is 1.